The van der Waals surface area contributed by atoms with Crippen LogP contribution in [0.25, 0.3) is 22.4 Å². The average Bonchev–Trinajstić information content (AvgIpc) is 3.23. The molecule has 9 heteroatoms. The van der Waals surface area contributed by atoms with Gasteiger partial charge in [0.2, 0.25) is 5.95 Å². The van der Waals surface area contributed by atoms with Crippen molar-refractivity contribution >= 4 is 11.8 Å². The first-order valence-electron chi connectivity index (χ1n) is 9.10. The number of nitrogen functional groups attached to an aromatic ring is 1. The lowest BCUT2D eigenvalue weighted by atomic mass is 10.0. The molecule has 9 nitrogen and oxygen atoms in total. The predicted molar refractivity (Wildman–Crippen MR) is 109 cm³/mol. The average molecular weight is 377 g/mol. The van der Waals surface area contributed by atoms with E-state index in [0.717, 1.165) is 28.8 Å². The number of nitrogens with zero attached hydrogens (tertiary/aromatic N) is 3. The fraction of sp³-hybridized carbons (Fsp3) is 0.211. The normalized spacial score (nSPS) is 14.3. The molecule has 4 rings (SSSR count). The van der Waals surface area contributed by atoms with E-state index in [2.05, 4.69) is 68.4 Å². The molecular weight excluding hydrogens is 354 g/mol. The van der Waals surface area contributed by atoms with Crippen molar-refractivity contribution in [3.63, 3.8) is 0 Å². The number of pyridine rings is 1. The van der Waals surface area contributed by atoms with Gasteiger partial charge < -0.3 is 11.1 Å². The van der Waals surface area contributed by atoms with Gasteiger partial charge in [-0.25, -0.2) is 25.8 Å². The van der Waals surface area contributed by atoms with Crippen LogP contribution in [0.4, 0.5) is 11.8 Å². The fourth-order valence-corrected chi connectivity index (χ4v) is 2.93. The van der Waals surface area contributed by atoms with Gasteiger partial charge in [0, 0.05) is 35.6 Å². The molecule has 1 aromatic carbocycles. The Balaban J connectivity index is 1.61. The zero-order chi connectivity index (χ0) is 19.3. The van der Waals surface area contributed by atoms with Crippen molar-refractivity contribution in [2.24, 2.45) is 0 Å². The molecule has 7 N–H and O–H groups in total. The van der Waals surface area contributed by atoms with Crippen LogP contribution in [0.5, 0.6) is 0 Å². The summed E-state index contributed by atoms with van der Waals surface area (Å²) in [7, 11) is 0. The third-order valence-electron chi connectivity index (χ3n) is 4.48. The number of hydrogen-bond donors (Lipinski definition) is 6. The molecule has 28 heavy (non-hydrogen) atoms. The molecule has 3 heterocycles. The minimum absolute atomic E-state index is 0.129. The van der Waals surface area contributed by atoms with E-state index >= 15 is 0 Å². The Labute approximate surface area is 163 Å². The first-order valence-corrected chi connectivity index (χ1v) is 9.10. The van der Waals surface area contributed by atoms with Gasteiger partial charge in [-0.2, -0.15) is 11.1 Å². The zero-order valence-corrected chi connectivity index (χ0v) is 15.5. The number of aromatic nitrogens is 3. The van der Waals surface area contributed by atoms with E-state index in [0.29, 0.717) is 18.3 Å². The zero-order valence-electron chi connectivity index (χ0n) is 15.5. The van der Waals surface area contributed by atoms with Gasteiger partial charge in [-0.1, -0.05) is 29.8 Å². The topological polar surface area (TPSA) is 125 Å². The Morgan fingerprint density at radius 1 is 0.964 bits per heavy atom. The van der Waals surface area contributed by atoms with Crippen molar-refractivity contribution in [3.8, 4) is 22.4 Å². The maximum absolute atomic E-state index is 5.73. The van der Waals surface area contributed by atoms with E-state index in [1.807, 2.05) is 12.3 Å². The highest BCUT2D eigenvalue weighted by Gasteiger charge is 2.14. The van der Waals surface area contributed by atoms with E-state index in [1.54, 1.807) is 12.3 Å². The first kappa shape index (κ1) is 18.3. The third-order valence-corrected chi connectivity index (χ3v) is 4.48. The smallest absolute Gasteiger partial charge is 0.223 e. The molecule has 144 valence electrons. The lowest BCUT2D eigenvalue weighted by Gasteiger charge is -2.13. The van der Waals surface area contributed by atoms with Crippen LogP contribution in [0.3, 0.4) is 0 Å². The van der Waals surface area contributed by atoms with Gasteiger partial charge in [-0.05, 0) is 25.5 Å². The van der Waals surface area contributed by atoms with Crippen LogP contribution in [-0.2, 0) is 0 Å². The largest absolute Gasteiger partial charge is 0.384 e. The highest BCUT2D eigenvalue weighted by atomic mass is 15.8. The van der Waals surface area contributed by atoms with E-state index in [9.17, 15) is 0 Å². The molecular formula is C19H23N9. The molecule has 0 saturated carbocycles. The maximum atomic E-state index is 5.73. The third kappa shape index (κ3) is 4.24. The van der Waals surface area contributed by atoms with E-state index in [-0.39, 0.29) is 6.17 Å². The number of anilines is 2. The minimum Gasteiger partial charge on any atom is -0.384 e. The van der Waals surface area contributed by atoms with Crippen LogP contribution >= 0.6 is 0 Å². The summed E-state index contributed by atoms with van der Waals surface area (Å²) >= 11 is 0. The summed E-state index contributed by atoms with van der Waals surface area (Å²) in [4.78, 5) is 13.5. The number of nitrogens with two attached hydrogens (primary N) is 1. The monoisotopic (exact) mass is 377 g/mol. The van der Waals surface area contributed by atoms with Crippen LogP contribution in [0.1, 0.15) is 12.0 Å². The summed E-state index contributed by atoms with van der Waals surface area (Å²) < 4.78 is 0. The molecule has 1 fully saturated rings. The Hall–Kier alpha value is -3.11. The maximum Gasteiger partial charge on any atom is 0.223 e. The minimum atomic E-state index is 0.129. The molecule has 0 amide bonds. The molecule has 0 bridgehead atoms. The lowest BCUT2D eigenvalue weighted by Crippen LogP contribution is -2.35. The first-order chi connectivity index (χ1) is 13.7. The molecule has 3 aromatic rings. The van der Waals surface area contributed by atoms with Crippen molar-refractivity contribution < 1.29 is 0 Å². The van der Waals surface area contributed by atoms with Gasteiger partial charge in [0.15, 0.2) is 0 Å². The van der Waals surface area contributed by atoms with Gasteiger partial charge in [-0.3, -0.25) is 0 Å². The Bertz CT molecular complexity index is 919. The molecule has 2 aromatic heterocycles. The Morgan fingerprint density at radius 2 is 1.71 bits per heavy atom. The summed E-state index contributed by atoms with van der Waals surface area (Å²) in [6, 6.07) is 12.0. The van der Waals surface area contributed by atoms with E-state index < -0.39 is 0 Å². The summed E-state index contributed by atoms with van der Waals surface area (Å²) in [5.74, 6) is 1.07. The van der Waals surface area contributed by atoms with Crippen molar-refractivity contribution in [1.82, 2.24) is 36.9 Å². The van der Waals surface area contributed by atoms with Gasteiger partial charge in [0.05, 0.1) is 11.9 Å². The van der Waals surface area contributed by atoms with E-state index in [1.165, 1.54) is 5.56 Å². The quantitative estimate of drug-likeness (QED) is 0.377. The predicted octanol–water partition coefficient (Wildman–Crippen LogP) is 1.34. The van der Waals surface area contributed by atoms with Gasteiger partial charge in [0.1, 0.15) is 5.82 Å². The van der Waals surface area contributed by atoms with Crippen molar-refractivity contribution in [1.29, 1.82) is 0 Å². The molecule has 0 spiro atoms. The number of hydrogen-bond acceptors (Lipinski definition) is 9. The Kier molecular flexibility index (Phi) is 5.40. The molecule has 0 aliphatic carbocycles. The molecule has 0 unspecified atom stereocenters. The summed E-state index contributed by atoms with van der Waals surface area (Å²) in [6.45, 7) is 2.78. The van der Waals surface area contributed by atoms with Gasteiger partial charge >= 0.3 is 0 Å². The van der Waals surface area contributed by atoms with Crippen LogP contribution in [0.15, 0.2) is 48.8 Å². The number of rotatable bonds is 6. The highest BCUT2D eigenvalue weighted by Crippen LogP contribution is 2.30. The summed E-state index contributed by atoms with van der Waals surface area (Å²) in [6.07, 6.45) is 4.54. The van der Waals surface area contributed by atoms with E-state index in [4.69, 9.17) is 10.7 Å². The van der Waals surface area contributed by atoms with Crippen LogP contribution in [-0.4, -0.2) is 27.7 Å². The molecule has 0 atom stereocenters. The number of nitrogens with one attached hydrogen (secondary N) is 5. The van der Waals surface area contributed by atoms with Crippen molar-refractivity contribution in [3.05, 3.63) is 54.4 Å². The van der Waals surface area contributed by atoms with Gasteiger partial charge in [0.25, 0.3) is 0 Å². The van der Waals surface area contributed by atoms with Crippen molar-refractivity contribution in [2.45, 2.75) is 19.5 Å². The van der Waals surface area contributed by atoms with Crippen LogP contribution in [0, 0.1) is 6.92 Å². The standard InChI is InChI=1S/C19H23N9/c1-12-2-4-13(5-3-12)18-15(14-6-7-16(20)22-10-14)11-23-19(24-18)21-9-8-17-25-27-28-26-17/h2-7,10-11,17,25-28H,8-9H2,1H3,(H2,20,22)(H,21,23,24). The molecule has 1 saturated heterocycles. The fourth-order valence-electron chi connectivity index (χ4n) is 2.93. The van der Waals surface area contributed by atoms with Crippen LogP contribution < -0.4 is 33.0 Å². The summed E-state index contributed by atoms with van der Waals surface area (Å²) in [5, 5.41) is 3.29. The second-order valence-electron chi connectivity index (χ2n) is 6.60. The molecule has 0 radical (unpaired) electrons. The van der Waals surface area contributed by atoms with Crippen LogP contribution in [0.2, 0.25) is 0 Å². The number of benzene rings is 1. The molecule has 1 aliphatic rings. The van der Waals surface area contributed by atoms with Gasteiger partial charge in [-0.15, -0.1) is 0 Å². The number of aryl methyl sites for hydroxylation is 1. The highest BCUT2D eigenvalue weighted by molar-refractivity contribution is 5.80. The lowest BCUT2D eigenvalue weighted by molar-refractivity contribution is 0.500. The van der Waals surface area contributed by atoms with Crippen molar-refractivity contribution in [2.75, 3.05) is 17.6 Å². The number of hydrazine groups is 3. The summed E-state index contributed by atoms with van der Waals surface area (Å²) in [5.41, 5.74) is 22.3. The second kappa shape index (κ2) is 8.28. The molecule has 1 aliphatic heterocycles. The SMILES string of the molecule is Cc1ccc(-c2nc(NCCC3NNNN3)ncc2-c2ccc(N)nc2)cc1. The Morgan fingerprint density at radius 3 is 2.43 bits per heavy atom. The second-order valence-corrected chi connectivity index (χ2v) is 6.60.